The zero-order valence-corrected chi connectivity index (χ0v) is 16.1. The molecule has 32 heavy (non-hydrogen) atoms. The van der Waals surface area contributed by atoms with E-state index in [1.54, 1.807) is 30.3 Å². The molecule has 0 aliphatic heterocycles. The molecule has 0 aliphatic carbocycles. The maximum atomic E-state index is 13.0. The van der Waals surface area contributed by atoms with Gasteiger partial charge in [-0.05, 0) is 24.3 Å². The van der Waals surface area contributed by atoms with Gasteiger partial charge in [-0.2, -0.15) is 36.3 Å². The second-order valence-electron chi connectivity index (χ2n) is 6.25. The number of alkyl halides is 6. The van der Waals surface area contributed by atoms with Crippen molar-refractivity contribution in [2.75, 3.05) is 12.4 Å². The summed E-state index contributed by atoms with van der Waals surface area (Å²) in [7, 11) is 1.27. The third-order valence-electron chi connectivity index (χ3n) is 4.11. The molecule has 0 spiro atoms. The SMILES string of the molecule is COc1nc(Nc2ccc(C(O)(C(F)(F)F)C(F)(F)F)cc2)nc(Oc2ccccc2)n1. The molecule has 1 heterocycles. The zero-order valence-electron chi connectivity index (χ0n) is 16.1. The molecule has 0 amide bonds. The number of methoxy groups -OCH3 is 1. The Bertz CT molecular complexity index is 1050. The van der Waals surface area contributed by atoms with E-state index >= 15 is 0 Å². The highest BCUT2D eigenvalue weighted by Crippen LogP contribution is 2.50. The van der Waals surface area contributed by atoms with E-state index in [0.717, 1.165) is 12.1 Å². The Hall–Kier alpha value is -3.61. The van der Waals surface area contributed by atoms with E-state index in [1.165, 1.54) is 7.11 Å². The van der Waals surface area contributed by atoms with Crippen molar-refractivity contribution in [1.29, 1.82) is 0 Å². The lowest BCUT2D eigenvalue weighted by Crippen LogP contribution is -2.53. The molecule has 3 rings (SSSR count). The van der Waals surface area contributed by atoms with Gasteiger partial charge in [0.05, 0.1) is 7.11 Å². The van der Waals surface area contributed by atoms with Crippen LogP contribution in [0.25, 0.3) is 0 Å². The van der Waals surface area contributed by atoms with E-state index in [0.29, 0.717) is 17.9 Å². The van der Waals surface area contributed by atoms with Crippen LogP contribution in [0.1, 0.15) is 5.56 Å². The number of hydrogen-bond acceptors (Lipinski definition) is 7. The number of ether oxygens (including phenoxy) is 2. The minimum Gasteiger partial charge on any atom is -0.467 e. The van der Waals surface area contributed by atoms with Gasteiger partial charge in [0, 0.05) is 11.3 Å². The Labute approximate surface area is 176 Å². The Balaban J connectivity index is 1.87. The van der Waals surface area contributed by atoms with Gasteiger partial charge in [-0.3, -0.25) is 0 Å². The smallest absolute Gasteiger partial charge is 0.430 e. The van der Waals surface area contributed by atoms with Crippen LogP contribution in [0.2, 0.25) is 0 Å². The highest BCUT2D eigenvalue weighted by molar-refractivity contribution is 5.54. The maximum Gasteiger partial charge on any atom is 0.430 e. The summed E-state index contributed by atoms with van der Waals surface area (Å²) in [5, 5.41) is 12.0. The summed E-state index contributed by atoms with van der Waals surface area (Å²) in [6.07, 6.45) is -12.0. The van der Waals surface area contributed by atoms with Crippen molar-refractivity contribution in [3.05, 3.63) is 60.2 Å². The van der Waals surface area contributed by atoms with E-state index < -0.39 is 23.5 Å². The van der Waals surface area contributed by atoms with E-state index in [1.807, 2.05) is 0 Å². The van der Waals surface area contributed by atoms with Crippen LogP contribution in [0.4, 0.5) is 38.0 Å². The summed E-state index contributed by atoms with van der Waals surface area (Å²) in [5.74, 6) is 0.243. The van der Waals surface area contributed by atoms with E-state index in [4.69, 9.17) is 9.47 Å². The molecular formula is C19H14F6N4O3. The van der Waals surface area contributed by atoms with Crippen molar-refractivity contribution in [3.8, 4) is 17.8 Å². The summed E-state index contributed by atoms with van der Waals surface area (Å²) in [6, 6.07) is 10.9. The molecule has 3 aromatic rings. The average Bonchev–Trinajstić information content (AvgIpc) is 2.72. The molecule has 13 heteroatoms. The van der Waals surface area contributed by atoms with Crippen molar-refractivity contribution >= 4 is 11.6 Å². The molecule has 0 fully saturated rings. The number of benzene rings is 2. The Morgan fingerprint density at radius 1 is 0.781 bits per heavy atom. The van der Waals surface area contributed by atoms with Crippen LogP contribution in [0.15, 0.2) is 54.6 Å². The third kappa shape index (κ3) is 4.66. The highest BCUT2D eigenvalue weighted by Gasteiger charge is 2.71. The molecule has 0 aliphatic rings. The second kappa shape index (κ2) is 8.49. The number of aromatic nitrogens is 3. The predicted octanol–water partition coefficient (Wildman–Crippen LogP) is 4.73. The van der Waals surface area contributed by atoms with Crippen LogP contribution < -0.4 is 14.8 Å². The number of nitrogens with one attached hydrogen (secondary N) is 1. The van der Waals surface area contributed by atoms with Crippen molar-refractivity contribution in [3.63, 3.8) is 0 Å². The largest absolute Gasteiger partial charge is 0.467 e. The van der Waals surface area contributed by atoms with Crippen LogP contribution in [-0.2, 0) is 5.60 Å². The van der Waals surface area contributed by atoms with E-state index in [2.05, 4.69) is 20.3 Å². The molecule has 2 aromatic carbocycles. The molecule has 0 radical (unpaired) electrons. The van der Waals surface area contributed by atoms with Gasteiger partial charge in [-0.1, -0.05) is 30.3 Å². The van der Waals surface area contributed by atoms with Gasteiger partial charge >= 0.3 is 24.4 Å². The number of nitrogens with zero attached hydrogens (tertiary/aromatic N) is 3. The van der Waals surface area contributed by atoms with Gasteiger partial charge in [-0.15, -0.1) is 4.98 Å². The maximum absolute atomic E-state index is 13.0. The highest BCUT2D eigenvalue weighted by atomic mass is 19.4. The lowest BCUT2D eigenvalue weighted by Gasteiger charge is -2.32. The molecule has 0 saturated carbocycles. The Morgan fingerprint density at radius 3 is 1.88 bits per heavy atom. The summed E-state index contributed by atoms with van der Waals surface area (Å²) in [5.41, 5.74) is -6.39. The van der Waals surface area contributed by atoms with Gasteiger partial charge in [0.2, 0.25) is 5.95 Å². The van der Waals surface area contributed by atoms with Crippen molar-refractivity contribution in [1.82, 2.24) is 15.0 Å². The van der Waals surface area contributed by atoms with Gasteiger partial charge in [0.25, 0.3) is 5.60 Å². The number of para-hydroxylation sites is 1. The van der Waals surface area contributed by atoms with Crippen LogP contribution >= 0.6 is 0 Å². The van der Waals surface area contributed by atoms with E-state index in [9.17, 15) is 31.4 Å². The topological polar surface area (TPSA) is 89.4 Å². The van der Waals surface area contributed by atoms with E-state index in [-0.39, 0.29) is 23.7 Å². The lowest BCUT2D eigenvalue weighted by atomic mass is 9.92. The fraction of sp³-hybridized carbons (Fsp3) is 0.211. The number of aliphatic hydroxyl groups is 1. The fourth-order valence-electron chi connectivity index (χ4n) is 2.54. The Morgan fingerprint density at radius 2 is 1.34 bits per heavy atom. The molecule has 2 N–H and O–H groups in total. The number of hydrogen-bond donors (Lipinski definition) is 2. The van der Waals surface area contributed by atoms with Crippen LogP contribution in [0.5, 0.6) is 17.8 Å². The minimum atomic E-state index is -5.98. The van der Waals surface area contributed by atoms with Crippen molar-refractivity contribution < 1.29 is 40.9 Å². The first kappa shape index (κ1) is 23.1. The van der Waals surface area contributed by atoms with Crippen molar-refractivity contribution in [2.24, 2.45) is 0 Å². The second-order valence-corrected chi connectivity index (χ2v) is 6.25. The zero-order chi connectivity index (χ0) is 23.6. The average molecular weight is 460 g/mol. The quantitative estimate of drug-likeness (QED) is 0.514. The molecule has 0 bridgehead atoms. The first-order valence-electron chi connectivity index (χ1n) is 8.70. The first-order valence-corrected chi connectivity index (χ1v) is 8.70. The first-order chi connectivity index (χ1) is 14.9. The molecule has 170 valence electrons. The normalized spacial score (nSPS) is 12.4. The van der Waals surface area contributed by atoms with Crippen LogP contribution in [0.3, 0.4) is 0 Å². The van der Waals surface area contributed by atoms with Crippen LogP contribution in [0, 0.1) is 0 Å². The number of halogens is 6. The monoisotopic (exact) mass is 460 g/mol. The molecular weight excluding hydrogens is 446 g/mol. The molecule has 0 unspecified atom stereocenters. The van der Waals surface area contributed by atoms with Gasteiger partial charge < -0.3 is 19.9 Å². The van der Waals surface area contributed by atoms with Crippen molar-refractivity contribution in [2.45, 2.75) is 18.0 Å². The van der Waals surface area contributed by atoms with Gasteiger partial charge in [0.1, 0.15) is 5.75 Å². The molecule has 0 saturated heterocycles. The molecule has 0 atom stereocenters. The molecule has 1 aromatic heterocycles. The summed E-state index contributed by atoms with van der Waals surface area (Å²) < 4.78 is 88.4. The third-order valence-corrected chi connectivity index (χ3v) is 4.11. The summed E-state index contributed by atoms with van der Waals surface area (Å²) in [4.78, 5) is 11.8. The number of anilines is 2. The van der Waals surface area contributed by atoms with Gasteiger partial charge in [0.15, 0.2) is 0 Å². The Kier molecular flexibility index (Phi) is 6.12. The van der Waals surface area contributed by atoms with Crippen LogP contribution in [-0.4, -0.2) is 39.5 Å². The number of rotatable bonds is 6. The van der Waals surface area contributed by atoms with Gasteiger partial charge in [-0.25, -0.2) is 0 Å². The predicted molar refractivity (Wildman–Crippen MR) is 98.6 cm³/mol. The fourth-order valence-corrected chi connectivity index (χ4v) is 2.54. The summed E-state index contributed by atoms with van der Waals surface area (Å²) in [6.45, 7) is 0. The molecule has 7 nitrogen and oxygen atoms in total. The summed E-state index contributed by atoms with van der Waals surface area (Å²) >= 11 is 0. The lowest BCUT2D eigenvalue weighted by molar-refractivity contribution is -0.376. The minimum absolute atomic E-state index is 0.0272. The standard InChI is InChI=1S/C19H14F6N4O3/c1-31-15-27-14(28-16(29-15)32-13-5-3-2-4-6-13)26-12-9-7-11(8-10-12)17(30,18(20,21)22)19(23,24)25/h2-10,30H,1H3,(H,26,27,28,29).